The third kappa shape index (κ3) is 2.94. The Morgan fingerprint density at radius 1 is 1.42 bits per heavy atom. The number of aromatic nitrogens is 2. The van der Waals surface area contributed by atoms with Gasteiger partial charge in [-0.15, -0.1) is 0 Å². The molecule has 0 saturated carbocycles. The number of methoxy groups -OCH3 is 1. The molecule has 3 N–H and O–H groups in total. The number of hydrogen-bond acceptors (Lipinski definition) is 4. The van der Waals surface area contributed by atoms with Gasteiger partial charge in [0.15, 0.2) is 0 Å². The van der Waals surface area contributed by atoms with Gasteiger partial charge in [0, 0.05) is 13.1 Å². The van der Waals surface area contributed by atoms with Gasteiger partial charge in [-0.25, -0.2) is 4.68 Å². The summed E-state index contributed by atoms with van der Waals surface area (Å²) in [5.41, 5.74) is 6.22. The van der Waals surface area contributed by atoms with Crippen LogP contribution in [-0.2, 0) is 13.5 Å². The second-order valence-electron chi connectivity index (χ2n) is 4.59. The number of hydrazine groups is 1. The van der Waals surface area contributed by atoms with Crippen LogP contribution in [0.25, 0.3) is 0 Å². The fourth-order valence-electron chi connectivity index (χ4n) is 2.14. The lowest BCUT2D eigenvalue weighted by molar-refractivity contribution is 0.373. The molecule has 0 amide bonds. The van der Waals surface area contributed by atoms with Crippen LogP contribution in [0.4, 0.5) is 0 Å². The first-order valence-corrected chi connectivity index (χ1v) is 6.24. The lowest BCUT2D eigenvalue weighted by Crippen LogP contribution is -2.30. The predicted molar refractivity (Wildman–Crippen MR) is 74.7 cm³/mol. The molecule has 0 fully saturated rings. The number of ether oxygens (including phenoxy) is 1. The van der Waals surface area contributed by atoms with Gasteiger partial charge in [-0.05, 0) is 24.5 Å². The Morgan fingerprint density at radius 2 is 2.16 bits per heavy atom. The maximum atomic E-state index is 5.66. The van der Waals surface area contributed by atoms with Crippen LogP contribution in [-0.4, -0.2) is 16.9 Å². The molecule has 5 heteroatoms. The van der Waals surface area contributed by atoms with Crippen molar-refractivity contribution in [2.45, 2.75) is 19.4 Å². The number of nitrogens with two attached hydrogens (primary N) is 1. The summed E-state index contributed by atoms with van der Waals surface area (Å²) in [7, 11) is 3.48. The zero-order valence-corrected chi connectivity index (χ0v) is 11.6. The number of benzene rings is 1. The van der Waals surface area contributed by atoms with Crippen molar-refractivity contribution < 1.29 is 4.74 Å². The van der Waals surface area contributed by atoms with E-state index < -0.39 is 0 Å². The molecule has 2 aromatic rings. The third-order valence-electron chi connectivity index (χ3n) is 3.31. The Morgan fingerprint density at radius 3 is 2.74 bits per heavy atom. The van der Waals surface area contributed by atoms with Gasteiger partial charge in [0.2, 0.25) is 5.88 Å². The van der Waals surface area contributed by atoms with Crippen LogP contribution in [0, 0.1) is 6.92 Å². The number of aryl methyl sites for hydroxylation is 2. The molecule has 1 atom stereocenters. The summed E-state index contributed by atoms with van der Waals surface area (Å²) in [6, 6.07) is 10.2. The number of nitrogens with one attached hydrogen (secondary N) is 1. The van der Waals surface area contributed by atoms with E-state index in [-0.39, 0.29) is 6.04 Å². The molecule has 0 radical (unpaired) electrons. The molecular weight excluding hydrogens is 240 g/mol. The van der Waals surface area contributed by atoms with Crippen molar-refractivity contribution in [2.75, 3.05) is 7.11 Å². The van der Waals surface area contributed by atoms with Gasteiger partial charge in [0.1, 0.15) is 0 Å². The van der Waals surface area contributed by atoms with Crippen LogP contribution >= 0.6 is 0 Å². The molecule has 1 heterocycles. The van der Waals surface area contributed by atoms with Crippen LogP contribution in [0.15, 0.2) is 30.3 Å². The summed E-state index contributed by atoms with van der Waals surface area (Å²) in [6.07, 6.45) is 0.795. The van der Waals surface area contributed by atoms with Crippen molar-refractivity contribution in [3.05, 3.63) is 47.2 Å². The van der Waals surface area contributed by atoms with E-state index >= 15 is 0 Å². The molecule has 0 aliphatic carbocycles. The highest BCUT2D eigenvalue weighted by atomic mass is 16.5. The summed E-state index contributed by atoms with van der Waals surface area (Å²) in [5, 5.41) is 4.43. The maximum absolute atomic E-state index is 5.66. The predicted octanol–water partition coefficient (Wildman–Crippen LogP) is 1.48. The average molecular weight is 260 g/mol. The van der Waals surface area contributed by atoms with Crippen molar-refractivity contribution in [2.24, 2.45) is 12.9 Å². The molecule has 1 unspecified atom stereocenters. The fraction of sp³-hybridized carbons (Fsp3) is 0.357. The molecule has 19 heavy (non-hydrogen) atoms. The summed E-state index contributed by atoms with van der Waals surface area (Å²) in [6.45, 7) is 2.10. The molecule has 1 aromatic heterocycles. The molecule has 0 saturated heterocycles. The zero-order valence-electron chi connectivity index (χ0n) is 11.6. The molecule has 1 aromatic carbocycles. The maximum Gasteiger partial charge on any atom is 0.211 e. The van der Waals surface area contributed by atoms with Gasteiger partial charge in [0.05, 0.1) is 18.8 Å². The highest BCUT2D eigenvalue weighted by Crippen LogP contribution is 2.22. The van der Waals surface area contributed by atoms with Gasteiger partial charge in [0.25, 0.3) is 0 Å². The van der Waals surface area contributed by atoms with E-state index in [0.29, 0.717) is 0 Å². The van der Waals surface area contributed by atoms with Gasteiger partial charge in [-0.2, -0.15) is 5.10 Å². The number of hydrogen-bond donors (Lipinski definition) is 2. The van der Waals surface area contributed by atoms with Crippen LogP contribution < -0.4 is 16.0 Å². The second kappa shape index (κ2) is 5.86. The highest BCUT2D eigenvalue weighted by Gasteiger charge is 2.16. The van der Waals surface area contributed by atoms with Crippen LogP contribution in [0.1, 0.15) is 22.9 Å². The molecule has 5 nitrogen and oxygen atoms in total. The number of nitrogens with zero attached hydrogens (tertiary/aromatic N) is 2. The smallest absolute Gasteiger partial charge is 0.211 e. The van der Waals surface area contributed by atoms with E-state index in [4.69, 9.17) is 10.6 Å². The summed E-state index contributed by atoms with van der Waals surface area (Å²) in [4.78, 5) is 0. The van der Waals surface area contributed by atoms with E-state index in [1.54, 1.807) is 11.8 Å². The first kappa shape index (κ1) is 13.6. The van der Waals surface area contributed by atoms with Crippen molar-refractivity contribution in [3.8, 4) is 5.88 Å². The number of rotatable bonds is 5. The summed E-state index contributed by atoms with van der Waals surface area (Å²) in [5.74, 6) is 6.39. The highest BCUT2D eigenvalue weighted by molar-refractivity contribution is 5.28. The van der Waals surface area contributed by atoms with Crippen molar-refractivity contribution in [3.63, 3.8) is 0 Å². The molecule has 2 rings (SSSR count). The standard InChI is InChI=1S/C14H20N4O/c1-10-6-4-5-7-11(10)8-12(16-15)13-9-14(19-3)18(2)17-13/h4-7,9,12,16H,8,15H2,1-3H3. The fourth-order valence-corrected chi connectivity index (χ4v) is 2.14. The minimum Gasteiger partial charge on any atom is -0.481 e. The van der Waals surface area contributed by atoms with Gasteiger partial charge < -0.3 is 4.74 Å². The Bertz CT molecular complexity index is 550. The Hall–Kier alpha value is -1.85. The van der Waals surface area contributed by atoms with E-state index in [9.17, 15) is 0 Å². The average Bonchev–Trinajstić information content (AvgIpc) is 2.79. The lowest BCUT2D eigenvalue weighted by atomic mass is 10.00. The zero-order chi connectivity index (χ0) is 13.8. The molecular formula is C14H20N4O. The molecule has 0 aliphatic rings. The Kier molecular flexibility index (Phi) is 4.19. The van der Waals surface area contributed by atoms with E-state index in [0.717, 1.165) is 18.0 Å². The monoisotopic (exact) mass is 260 g/mol. The van der Waals surface area contributed by atoms with Crippen molar-refractivity contribution >= 4 is 0 Å². The minimum atomic E-state index is -0.0313. The van der Waals surface area contributed by atoms with Crippen molar-refractivity contribution in [1.29, 1.82) is 0 Å². The second-order valence-corrected chi connectivity index (χ2v) is 4.59. The minimum absolute atomic E-state index is 0.0313. The Labute approximate surface area is 113 Å². The quantitative estimate of drug-likeness (QED) is 0.631. The lowest BCUT2D eigenvalue weighted by Gasteiger charge is -2.14. The van der Waals surface area contributed by atoms with Crippen molar-refractivity contribution in [1.82, 2.24) is 15.2 Å². The van der Waals surface area contributed by atoms with Crippen LogP contribution in [0.5, 0.6) is 5.88 Å². The van der Waals surface area contributed by atoms with Gasteiger partial charge in [-0.3, -0.25) is 11.3 Å². The molecule has 0 spiro atoms. The van der Waals surface area contributed by atoms with E-state index in [1.807, 2.05) is 25.2 Å². The largest absolute Gasteiger partial charge is 0.481 e. The normalized spacial score (nSPS) is 12.4. The molecule has 0 bridgehead atoms. The molecule has 102 valence electrons. The van der Waals surface area contributed by atoms with Gasteiger partial charge in [-0.1, -0.05) is 24.3 Å². The first-order chi connectivity index (χ1) is 9.15. The Balaban J connectivity index is 2.22. The summed E-state index contributed by atoms with van der Waals surface area (Å²) < 4.78 is 6.93. The van der Waals surface area contributed by atoms with Crippen LogP contribution in [0.2, 0.25) is 0 Å². The van der Waals surface area contributed by atoms with Crippen LogP contribution in [0.3, 0.4) is 0 Å². The summed E-state index contributed by atoms with van der Waals surface area (Å²) >= 11 is 0. The first-order valence-electron chi connectivity index (χ1n) is 6.24. The molecule has 0 aliphatic heterocycles. The van der Waals surface area contributed by atoms with E-state index in [1.165, 1.54) is 11.1 Å². The third-order valence-corrected chi connectivity index (χ3v) is 3.31. The topological polar surface area (TPSA) is 65.1 Å². The van der Waals surface area contributed by atoms with E-state index in [2.05, 4.69) is 29.6 Å². The SMILES string of the molecule is COc1cc(C(Cc2ccccc2C)NN)nn1C. The van der Waals surface area contributed by atoms with Gasteiger partial charge >= 0.3 is 0 Å².